The molecule has 1 amide bonds. The van der Waals surface area contributed by atoms with Crippen LogP contribution in [0.2, 0.25) is 0 Å². The summed E-state index contributed by atoms with van der Waals surface area (Å²) in [6, 6.07) is 11.2. The number of alkyl halides is 3. The first kappa shape index (κ1) is 19.8. The lowest BCUT2D eigenvalue weighted by Crippen LogP contribution is -2.18. The van der Waals surface area contributed by atoms with Crippen molar-refractivity contribution in [3.8, 4) is 5.75 Å². The Hall–Kier alpha value is -2.96. The fourth-order valence-electron chi connectivity index (χ4n) is 3.34. The molecule has 0 aliphatic rings. The lowest BCUT2D eigenvalue weighted by molar-refractivity contribution is -0.274. The third-order valence-corrected chi connectivity index (χ3v) is 4.67. The Morgan fingerprint density at radius 1 is 1.11 bits per heavy atom. The normalized spacial score (nSPS) is 11.6. The van der Waals surface area contributed by atoms with E-state index in [9.17, 15) is 18.0 Å². The van der Waals surface area contributed by atoms with E-state index in [4.69, 9.17) is 0 Å². The van der Waals surface area contributed by atoms with Crippen molar-refractivity contribution in [3.63, 3.8) is 0 Å². The summed E-state index contributed by atoms with van der Waals surface area (Å²) in [5.41, 5.74) is 3.98. The molecular weight excluding hydrogens is 369 g/mol. The van der Waals surface area contributed by atoms with Crippen molar-refractivity contribution in [3.05, 3.63) is 59.3 Å². The van der Waals surface area contributed by atoms with Gasteiger partial charge in [0.2, 0.25) is 0 Å². The van der Waals surface area contributed by atoms with Crippen LogP contribution in [0.5, 0.6) is 5.75 Å². The van der Waals surface area contributed by atoms with E-state index in [0.29, 0.717) is 17.9 Å². The van der Waals surface area contributed by atoms with Gasteiger partial charge in [0, 0.05) is 23.1 Å². The van der Waals surface area contributed by atoms with E-state index in [1.54, 1.807) is 0 Å². The van der Waals surface area contributed by atoms with Gasteiger partial charge in [-0.3, -0.25) is 4.79 Å². The van der Waals surface area contributed by atoms with E-state index in [1.807, 2.05) is 24.5 Å². The molecule has 3 rings (SSSR count). The third-order valence-electron chi connectivity index (χ3n) is 4.67. The summed E-state index contributed by atoms with van der Waals surface area (Å²) in [7, 11) is 0. The topological polar surface area (TPSA) is 43.3 Å². The maximum absolute atomic E-state index is 12.9. The molecule has 0 atom stereocenters. The van der Waals surface area contributed by atoms with Gasteiger partial charge in [-0.05, 0) is 67.8 Å². The Bertz CT molecular complexity index is 1010. The predicted molar refractivity (Wildman–Crippen MR) is 103 cm³/mol. The van der Waals surface area contributed by atoms with Crippen LogP contribution in [0.25, 0.3) is 10.9 Å². The van der Waals surface area contributed by atoms with Crippen molar-refractivity contribution < 1.29 is 22.7 Å². The first-order chi connectivity index (χ1) is 13.2. The van der Waals surface area contributed by atoms with Crippen LogP contribution in [0.4, 0.5) is 18.9 Å². The Labute approximate surface area is 160 Å². The van der Waals surface area contributed by atoms with Gasteiger partial charge in [-0.1, -0.05) is 13.0 Å². The highest BCUT2D eigenvalue weighted by Crippen LogP contribution is 2.28. The quantitative estimate of drug-likeness (QED) is 0.609. The third kappa shape index (κ3) is 3.98. The minimum Gasteiger partial charge on any atom is -0.406 e. The van der Waals surface area contributed by atoms with Gasteiger partial charge in [-0.15, -0.1) is 13.2 Å². The molecule has 1 heterocycles. The largest absolute Gasteiger partial charge is 0.573 e. The summed E-state index contributed by atoms with van der Waals surface area (Å²) < 4.78 is 42.6. The number of ether oxygens (including phenoxy) is 1. The highest BCUT2D eigenvalue weighted by Gasteiger charge is 2.31. The van der Waals surface area contributed by atoms with Crippen molar-refractivity contribution in [2.24, 2.45) is 0 Å². The maximum Gasteiger partial charge on any atom is 0.573 e. The maximum atomic E-state index is 12.9. The molecule has 0 spiro atoms. The van der Waals surface area contributed by atoms with Crippen molar-refractivity contribution in [1.29, 1.82) is 0 Å². The highest BCUT2D eigenvalue weighted by atomic mass is 19.4. The van der Waals surface area contributed by atoms with Gasteiger partial charge in [0.05, 0.1) is 0 Å². The van der Waals surface area contributed by atoms with Gasteiger partial charge in [-0.2, -0.15) is 0 Å². The van der Waals surface area contributed by atoms with E-state index in [-0.39, 0.29) is 11.7 Å². The molecule has 0 fully saturated rings. The second-order valence-electron chi connectivity index (χ2n) is 6.45. The molecule has 1 aromatic heterocycles. The van der Waals surface area contributed by atoms with Gasteiger partial charge in [0.1, 0.15) is 11.4 Å². The molecule has 148 valence electrons. The summed E-state index contributed by atoms with van der Waals surface area (Å²) in [6.45, 7) is 6.57. The molecule has 0 unspecified atom stereocenters. The zero-order valence-electron chi connectivity index (χ0n) is 15.9. The molecule has 3 aromatic rings. The number of hydrogen-bond acceptors (Lipinski definition) is 2. The molecule has 0 aliphatic heterocycles. The smallest absolute Gasteiger partial charge is 0.406 e. The number of halogens is 3. The molecule has 0 saturated heterocycles. The van der Waals surface area contributed by atoms with E-state index < -0.39 is 6.36 Å². The summed E-state index contributed by atoms with van der Waals surface area (Å²) in [4.78, 5) is 12.9. The molecule has 1 N–H and O–H groups in total. The molecule has 4 nitrogen and oxygen atoms in total. The van der Waals surface area contributed by atoms with Crippen LogP contribution in [0.1, 0.15) is 35.5 Å². The molecule has 0 saturated carbocycles. The zero-order valence-corrected chi connectivity index (χ0v) is 15.9. The number of amides is 1. The van der Waals surface area contributed by atoms with Gasteiger partial charge in [0.25, 0.3) is 5.91 Å². The predicted octanol–water partition coefficient (Wildman–Crippen LogP) is 5.68. The first-order valence-corrected chi connectivity index (χ1v) is 9.02. The second-order valence-corrected chi connectivity index (χ2v) is 6.45. The van der Waals surface area contributed by atoms with Crippen LogP contribution in [0.3, 0.4) is 0 Å². The average Bonchev–Trinajstić information content (AvgIpc) is 2.93. The lowest BCUT2D eigenvalue weighted by Gasteiger charge is -2.11. The lowest BCUT2D eigenvalue weighted by atomic mass is 10.1. The van der Waals surface area contributed by atoms with E-state index in [0.717, 1.165) is 22.9 Å². The van der Waals surface area contributed by atoms with Gasteiger partial charge in [0.15, 0.2) is 0 Å². The SMILES string of the molecule is CCc1ccc2c(c1)c(C)c(C(=O)Nc1ccc(OC(F)(F)F)cc1)n2CC. The summed E-state index contributed by atoms with van der Waals surface area (Å²) in [5, 5.41) is 3.78. The molecule has 7 heteroatoms. The standard InChI is InChI=1S/C21H21F3N2O2/c1-4-14-6-11-18-17(12-14)13(3)19(26(18)5-2)20(27)25-15-7-9-16(10-8-15)28-21(22,23)24/h6-12H,4-5H2,1-3H3,(H,25,27). The number of nitrogens with zero attached hydrogens (tertiary/aromatic N) is 1. The molecule has 0 bridgehead atoms. The minimum atomic E-state index is -4.75. The second kappa shape index (κ2) is 7.58. The molecule has 28 heavy (non-hydrogen) atoms. The Balaban J connectivity index is 1.90. The number of carbonyl (C=O) groups excluding carboxylic acids is 1. The number of hydrogen-bond donors (Lipinski definition) is 1. The molecular formula is C21H21F3N2O2. The Morgan fingerprint density at radius 3 is 2.36 bits per heavy atom. The number of benzene rings is 2. The number of rotatable bonds is 5. The van der Waals surface area contributed by atoms with Crippen LogP contribution in [0, 0.1) is 6.92 Å². The zero-order chi connectivity index (χ0) is 20.5. The average molecular weight is 390 g/mol. The van der Waals surface area contributed by atoms with Crippen LogP contribution < -0.4 is 10.1 Å². The molecule has 0 aliphatic carbocycles. The number of carbonyl (C=O) groups is 1. The fourth-order valence-corrected chi connectivity index (χ4v) is 3.34. The van der Waals surface area contributed by atoms with Crippen molar-refractivity contribution in [1.82, 2.24) is 4.57 Å². The monoisotopic (exact) mass is 390 g/mol. The van der Waals surface area contributed by atoms with Gasteiger partial charge < -0.3 is 14.6 Å². The van der Waals surface area contributed by atoms with Crippen LogP contribution in [-0.4, -0.2) is 16.8 Å². The fraction of sp³-hybridized carbons (Fsp3) is 0.286. The minimum absolute atomic E-state index is 0.307. The number of fused-ring (bicyclic) bond motifs is 1. The van der Waals surface area contributed by atoms with E-state index >= 15 is 0 Å². The van der Waals surface area contributed by atoms with Gasteiger partial charge in [-0.25, -0.2) is 0 Å². The molecule has 0 radical (unpaired) electrons. The number of aryl methyl sites for hydroxylation is 3. The number of aromatic nitrogens is 1. The van der Waals surface area contributed by atoms with Crippen LogP contribution >= 0.6 is 0 Å². The van der Waals surface area contributed by atoms with Gasteiger partial charge >= 0.3 is 6.36 Å². The first-order valence-electron chi connectivity index (χ1n) is 9.02. The molecule has 2 aromatic carbocycles. The number of anilines is 1. The Morgan fingerprint density at radius 2 is 1.79 bits per heavy atom. The van der Waals surface area contributed by atoms with E-state index in [1.165, 1.54) is 29.8 Å². The van der Waals surface area contributed by atoms with Crippen molar-refractivity contribution in [2.75, 3.05) is 5.32 Å². The number of nitrogens with one attached hydrogen (secondary N) is 1. The summed E-state index contributed by atoms with van der Waals surface area (Å²) >= 11 is 0. The summed E-state index contributed by atoms with van der Waals surface area (Å²) in [5.74, 6) is -0.644. The van der Waals surface area contributed by atoms with Crippen LogP contribution in [0.15, 0.2) is 42.5 Å². The van der Waals surface area contributed by atoms with E-state index in [2.05, 4.69) is 29.1 Å². The summed E-state index contributed by atoms with van der Waals surface area (Å²) in [6.07, 6.45) is -3.85. The Kier molecular flexibility index (Phi) is 5.36. The van der Waals surface area contributed by atoms with Crippen LogP contribution in [-0.2, 0) is 13.0 Å². The highest BCUT2D eigenvalue weighted by molar-refractivity contribution is 6.08. The van der Waals surface area contributed by atoms with Crippen molar-refractivity contribution in [2.45, 2.75) is 40.1 Å². The van der Waals surface area contributed by atoms with Crippen molar-refractivity contribution >= 4 is 22.5 Å².